The van der Waals surface area contributed by atoms with Crippen LogP contribution in [0.2, 0.25) is 0 Å². The summed E-state index contributed by atoms with van der Waals surface area (Å²) in [4.78, 5) is 0. The summed E-state index contributed by atoms with van der Waals surface area (Å²) in [6.07, 6.45) is 0. The molecule has 0 aliphatic carbocycles. The van der Waals surface area contributed by atoms with Gasteiger partial charge in [0.1, 0.15) is 11.5 Å². The zero-order valence-corrected chi connectivity index (χ0v) is 16.9. The molecule has 1 aliphatic rings. The average molecular weight is 366 g/mol. The third kappa shape index (κ3) is 4.04. The van der Waals surface area contributed by atoms with Crippen LogP contribution >= 0.6 is 0 Å². The van der Waals surface area contributed by atoms with Gasteiger partial charge in [0.25, 0.3) is 0 Å². The largest absolute Gasteiger partial charge is 0.497 e. The maximum Gasteiger partial charge on any atom is 0.487 e. The maximum atomic E-state index is 6.18. The fourth-order valence-corrected chi connectivity index (χ4v) is 2.99. The zero-order chi connectivity index (χ0) is 19.7. The van der Waals surface area contributed by atoms with Gasteiger partial charge in [-0.3, -0.25) is 0 Å². The minimum Gasteiger partial charge on any atom is -0.497 e. The second-order valence-electron chi connectivity index (χ2n) is 7.66. The van der Waals surface area contributed by atoms with Crippen molar-refractivity contribution in [2.75, 3.05) is 14.2 Å². The van der Waals surface area contributed by atoms with Crippen molar-refractivity contribution >= 4 is 12.7 Å². The molecule has 3 rings (SSSR count). The van der Waals surface area contributed by atoms with Crippen LogP contribution in [0.25, 0.3) is 5.57 Å². The number of benzene rings is 2. The predicted molar refractivity (Wildman–Crippen MR) is 109 cm³/mol. The van der Waals surface area contributed by atoms with Crippen LogP contribution in [0.4, 0.5) is 0 Å². The van der Waals surface area contributed by atoms with E-state index in [0.717, 1.165) is 28.2 Å². The molecule has 0 N–H and O–H groups in total. The topological polar surface area (TPSA) is 36.9 Å². The molecule has 0 atom stereocenters. The number of hydrogen-bond acceptors (Lipinski definition) is 4. The van der Waals surface area contributed by atoms with Crippen molar-refractivity contribution in [3.63, 3.8) is 0 Å². The predicted octanol–water partition coefficient (Wildman–Crippen LogP) is 4.77. The van der Waals surface area contributed by atoms with Gasteiger partial charge in [-0.1, -0.05) is 24.3 Å². The molecule has 0 amide bonds. The molecule has 1 aliphatic heterocycles. The van der Waals surface area contributed by atoms with Gasteiger partial charge in [0.2, 0.25) is 0 Å². The van der Waals surface area contributed by atoms with Crippen LogP contribution in [0.3, 0.4) is 0 Å². The first-order valence-electron chi connectivity index (χ1n) is 9.12. The highest BCUT2D eigenvalue weighted by Gasteiger charge is 2.50. The van der Waals surface area contributed by atoms with Crippen LogP contribution in [-0.2, 0) is 9.31 Å². The van der Waals surface area contributed by atoms with Crippen molar-refractivity contribution in [2.24, 2.45) is 0 Å². The minimum absolute atomic E-state index is 0.376. The molecular formula is C22H27BO4. The van der Waals surface area contributed by atoms with E-state index in [-0.39, 0.29) is 11.2 Å². The second-order valence-corrected chi connectivity index (χ2v) is 7.66. The van der Waals surface area contributed by atoms with Crippen LogP contribution in [0.15, 0.2) is 54.5 Å². The Kier molecular flexibility index (Phi) is 5.36. The molecule has 0 spiro atoms. The number of methoxy groups -OCH3 is 2. The van der Waals surface area contributed by atoms with Crippen molar-refractivity contribution in [1.82, 2.24) is 0 Å². The Bertz CT molecular complexity index is 742. The van der Waals surface area contributed by atoms with Gasteiger partial charge in [0.15, 0.2) is 0 Å². The van der Waals surface area contributed by atoms with Gasteiger partial charge in [-0.2, -0.15) is 0 Å². The Labute approximate surface area is 162 Å². The van der Waals surface area contributed by atoms with E-state index in [2.05, 4.69) is 27.7 Å². The fraction of sp³-hybridized carbons (Fsp3) is 0.364. The van der Waals surface area contributed by atoms with Crippen LogP contribution in [0.1, 0.15) is 38.8 Å². The quantitative estimate of drug-likeness (QED) is 0.715. The Balaban J connectivity index is 2.01. The minimum atomic E-state index is -0.422. The first-order valence-corrected chi connectivity index (χ1v) is 9.12. The third-order valence-corrected chi connectivity index (χ3v) is 5.38. The highest BCUT2D eigenvalue weighted by atomic mass is 16.7. The molecule has 1 saturated heterocycles. The summed E-state index contributed by atoms with van der Waals surface area (Å²) in [5.41, 5.74) is 2.42. The lowest BCUT2D eigenvalue weighted by atomic mass is 9.82. The summed E-state index contributed by atoms with van der Waals surface area (Å²) >= 11 is 0. The molecule has 0 saturated carbocycles. The van der Waals surface area contributed by atoms with Gasteiger partial charge in [0.05, 0.1) is 25.4 Å². The number of hydrogen-bond donors (Lipinski definition) is 0. The van der Waals surface area contributed by atoms with Crippen molar-refractivity contribution in [3.05, 3.63) is 65.6 Å². The smallest absolute Gasteiger partial charge is 0.487 e. The van der Waals surface area contributed by atoms with Crippen molar-refractivity contribution < 1.29 is 18.8 Å². The molecule has 5 heteroatoms. The summed E-state index contributed by atoms with van der Waals surface area (Å²) in [5, 5.41) is 0. The highest BCUT2D eigenvalue weighted by Crippen LogP contribution is 2.38. The molecule has 142 valence electrons. The molecule has 1 heterocycles. The SMILES string of the molecule is COc1ccc(C(=CB2OC(C)(C)C(C)(C)O2)c2ccc(OC)cc2)cc1. The number of ether oxygens (including phenoxy) is 2. The normalized spacial score (nSPS) is 17.5. The molecule has 2 aromatic rings. The molecule has 0 radical (unpaired) electrons. The average Bonchev–Trinajstić information content (AvgIpc) is 2.86. The molecule has 1 fully saturated rings. The van der Waals surface area contributed by atoms with E-state index >= 15 is 0 Å². The Hall–Kier alpha value is -2.24. The molecule has 2 aromatic carbocycles. The summed E-state index contributed by atoms with van der Waals surface area (Å²) < 4.78 is 22.9. The van der Waals surface area contributed by atoms with Crippen LogP contribution in [0.5, 0.6) is 11.5 Å². The van der Waals surface area contributed by atoms with E-state index in [1.165, 1.54) is 0 Å². The molecular weight excluding hydrogens is 339 g/mol. The van der Waals surface area contributed by atoms with E-state index in [9.17, 15) is 0 Å². The lowest BCUT2D eigenvalue weighted by Gasteiger charge is -2.32. The van der Waals surface area contributed by atoms with Crippen molar-refractivity contribution in [3.8, 4) is 11.5 Å². The third-order valence-electron chi connectivity index (χ3n) is 5.38. The van der Waals surface area contributed by atoms with Crippen LogP contribution in [0, 0.1) is 0 Å². The first-order chi connectivity index (χ1) is 12.8. The lowest BCUT2D eigenvalue weighted by molar-refractivity contribution is 0.00578. The van der Waals surface area contributed by atoms with Gasteiger partial charge < -0.3 is 18.8 Å². The molecule has 0 aromatic heterocycles. The molecule has 27 heavy (non-hydrogen) atoms. The monoisotopic (exact) mass is 366 g/mol. The Morgan fingerprint density at radius 1 is 0.741 bits per heavy atom. The standard InChI is InChI=1S/C22H27BO4/c1-21(2)22(3,4)27-23(26-21)15-20(16-7-11-18(24-5)12-8-16)17-9-13-19(25-6)14-10-17/h7-15H,1-6H3. The van der Waals surface area contributed by atoms with E-state index in [1.807, 2.05) is 54.5 Å². The van der Waals surface area contributed by atoms with E-state index in [4.69, 9.17) is 18.8 Å². The first kappa shape index (κ1) is 19.5. The molecule has 4 nitrogen and oxygen atoms in total. The van der Waals surface area contributed by atoms with Gasteiger partial charge in [-0.25, -0.2) is 0 Å². The molecule has 0 bridgehead atoms. The summed E-state index contributed by atoms with van der Waals surface area (Å²) in [5.74, 6) is 3.69. The highest BCUT2D eigenvalue weighted by molar-refractivity contribution is 6.53. The second kappa shape index (κ2) is 7.41. The molecule has 0 unspecified atom stereocenters. The maximum absolute atomic E-state index is 6.18. The van der Waals surface area contributed by atoms with Gasteiger partial charge >= 0.3 is 7.12 Å². The van der Waals surface area contributed by atoms with Crippen LogP contribution in [-0.4, -0.2) is 32.5 Å². The summed E-state index contributed by atoms with van der Waals surface area (Å²) in [6.45, 7) is 8.23. The zero-order valence-electron chi connectivity index (χ0n) is 16.9. The fourth-order valence-electron chi connectivity index (χ4n) is 2.99. The lowest BCUT2D eigenvalue weighted by Crippen LogP contribution is -2.41. The van der Waals surface area contributed by atoms with E-state index in [1.54, 1.807) is 14.2 Å². The Morgan fingerprint density at radius 3 is 1.44 bits per heavy atom. The van der Waals surface area contributed by atoms with E-state index < -0.39 is 7.12 Å². The Morgan fingerprint density at radius 2 is 1.11 bits per heavy atom. The summed E-state index contributed by atoms with van der Waals surface area (Å²) in [7, 11) is 2.91. The summed E-state index contributed by atoms with van der Waals surface area (Å²) in [6, 6.07) is 16.0. The van der Waals surface area contributed by atoms with Gasteiger partial charge in [-0.05, 0) is 74.6 Å². The number of rotatable bonds is 5. The van der Waals surface area contributed by atoms with Crippen molar-refractivity contribution in [1.29, 1.82) is 0 Å². The van der Waals surface area contributed by atoms with Crippen molar-refractivity contribution in [2.45, 2.75) is 38.9 Å². The van der Waals surface area contributed by atoms with Gasteiger partial charge in [0, 0.05) is 0 Å². The van der Waals surface area contributed by atoms with E-state index in [0.29, 0.717) is 0 Å². The van der Waals surface area contributed by atoms with Gasteiger partial charge in [-0.15, -0.1) is 0 Å². The van der Waals surface area contributed by atoms with Crippen LogP contribution < -0.4 is 9.47 Å².